The van der Waals surface area contributed by atoms with Crippen molar-refractivity contribution in [3.63, 3.8) is 0 Å². The molecular formula is C12H7F2N3O2S. The molecule has 0 amide bonds. The fraction of sp³-hybridized carbons (Fsp3) is 0.0833. The van der Waals surface area contributed by atoms with Gasteiger partial charge < -0.3 is 9.40 Å². The van der Waals surface area contributed by atoms with Crippen LogP contribution in [0.3, 0.4) is 0 Å². The monoisotopic (exact) mass is 295 g/mol. The van der Waals surface area contributed by atoms with Gasteiger partial charge in [0.2, 0.25) is 0 Å². The number of halogens is 2. The summed E-state index contributed by atoms with van der Waals surface area (Å²) in [5.41, 5.74) is 0.116. The molecule has 5 nitrogen and oxygen atoms in total. The first-order valence-electron chi connectivity index (χ1n) is 5.53. The van der Waals surface area contributed by atoms with E-state index in [0.29, 0.717) is 5.52 Å². The molecule has 0 spiro atoms. The van der Waals surface area contributed by atoms with Crippen LogP contribution in [-0.4, -0.2) is 15.0 Å². The molecule has 8 heteroatoms. The van der Waals surface area contributed by atoms with Crippen molar-refractivity contribution < 1.29 is 13.2 Å². The number of thioether (sulfide) groups is 1. The topological polar surface area (TPSA) is 71.8 Å². The molecule has 0 aliphatic rings. The quantitative estimate of drug-likeness (QED) is 0.594. The normalized spacial score (nSPS) is 11.9. The van der Waals surface area contributed by atoms with E-state index in [2.05, 4.69) is 15.0 Å². The van der Waals surface area contributed by atoms with Crippen molar-refractivity contribution in [1.29, 1.82) is 0 Å². The van der Waals surface area contributed by atoms with E-state index in [1.165, 1.54) is 0 Å². The zero-order chi connectivity index (χ0) is 14.2. The maximum atomic E-state index is 14.1. The van der Waals surface area contributed by atoms with Crippen molar-refractivity contribution in [2.75, 3.05) is 0 Å². The molecule has 2 heterocycles. The van der Waals surface area contributed by atoms with Crippen LogP contribution in [0.15, 0.2) is 50.9 Å². The number of aromatic nitrogens is 3. The first kappa shape index (κ1) is 12.8. The summed E-state index contributed by atoms with van der Waals surface area (Å²) in [5, 5.41) is -3.64. The maximum absolute atomic E-state index is 14.1. The number of hydrogen-bond acceptors (Lipinski definition) is 5. The third-order valence-electron chi connectivity index (χ3n) is 2.42. The number of rotatable bonds is 3. The van der Waals surface area contributed by atoms with Gasteiger partial charge in [-0.15, -0.1) is 0 Å². The van der Waals surface area contributed by atoms with E-state index in [1.54, 1.807) is 24.3 Å². The Morgan fingerprint density at radius 2 is 2.05 bits per heavy atom. The lowest BCUT2D eigenvalue weighted by atomic mass is 10.3. The summed E-state index contributed by atoms with van der Waals surface area (Å²) in [7, 11) is 0. The Morgan fingerprint density at radius 3 is 2.80 bits per heavy atom. The zero-order valence-electron chi connectivity index (χ0n) is 9.84. The van der Waals surface area contributed by atoms with Crippen LogP contribution in [0.4, 0.5) is 8.78 Å². The molecule has 0 saturated heterocycles. The van der Waals surface area contributed by atoms with Crippen LogP contribution in [0.2, 0.25) is 0 Å². The number of aromatic amines is 1. The first-order chi connectivity index (χ1) is 9.54. The molecule has 0 fully saturated rings. The van der Waals surface area contributed by atoms with Crippen LogP contribution < -0.4 is 5.56 Å². The predicted octanol–water partition coefficient (Wildman–Crippen LogP) is 2.75. The second-order valence-corrected chi connectivity index (χ2v) is 4.95. The highest BCUT2D eigenvalue weighted by molar-refractivity contribution is 7.99. The fourth-order valence-electron chi connectivity index (χ4n) is 1.57. The van der Waals surface area contributed by atoms with E-state index in [0.717, 1.165) is 12.3 Å². The number of para-hydroxylation sites is 2. The SMILES string of the molecule is O=c1ccnc(SC(F)(F)c2nc3ccccc3o2)[nH]1. The number of H-pyrrole nitrogens is 1. The summed E-state index contributed by atoms with van der Waals surface area (Å²) in [6.07, 6.45) is 1.16. The summed E-state index contributed by atoms with van der Waals surface area (Å²) in [5.74, 6) is -0.727. The van der Waals surface area contributed by atoms with E-state index in [9.17, 15) is 13.6 Å². The zero-order valence-corrected chi connectivity index (χ0v) is 10.7. The van der Waals surface area contributed by atoms with E-state index < -0.39 is 16.7 Å². The van der Waals surface area contributed by atoms with Gasteiger partial charge in [-0.1, -0.05) is 12.1 Å². The third-order valence-corrected chi connectivity index (χ3v) is 3.25. The molecular weight excluding hydrogens is 288 g/mol. The van der Waals surface area contributed by atoms with Gasteiger partial charge in [-0.25, -0.2) is 9.97 Å². The highest BCUT2D eigenvalue weighted by Crippen LogP contribution is 2.42. The van der Waals surface area contributed by atoms with Crippen molar-refractivity contribution in [2.45, 2.75) is 10.4 Å². The molecule has 3 aromatic rings. The van der Waals surface area contributed by atoms with Gasteiger partial charge in [-0.05, 0) is 23.9 Å². The maximum Gasteiger partial charge on any atom is 0.375 e. The molecule has 0 aliphatic carbocycles. The molecule has 20 heavy (non-hydrogen) atoms. The smallest absolute Gasteiger partial charge is 0.375 e. The lowest BCUT2D eigenvalue weighted by Crippen LogP contribution is -2.12. The van der Waals surface area contributed by atoms with Gasteiger partial charge in [-0.2, -0.15) is 8.78 Å². The van der Waals surface area contributed by atoms with E-state index >= 15 is 0 Å². The molecule has 0 unspecified atom stereocenters. The molecule has 102 valence electrons. The summed E-state index contributed by atoms with van der Waals surface area (Å²) < 4.78 is 33.1. The molecule has 2 aromatic heterocycles. The van der Waals surface area contributed by atoms with Gasteiger partial charge in [0.1, 0.15) is 5.52 Å². The Balaban J connectivity index is 1.96. The highest BCUT2D eigenvalue weighted by Gasteiger charge is 2.40. The second kappa shape index (κ2) is 4.71. The van der Waals surface area contributed by atoms with Crippen molar-refractivity contribution in [2.24, 2.45) is 0 Å². The largest absolute Gasteiger partial charge is 0.434 e. The van der Waals surface area contributed by atoms with Crippen molar-refractivity contribution in [3.05, 3.63) is 52.8 Å². The van der Waals surface area contributed by atoms with Crippen LogP contribution in [0.5, 0.6) is 0 Å². The third kappa shape index (κ3) is 2.42. The Morgan fingerprint density at radius 1 is 1.25 bits per heavy atom. The molecule has 3 rings (SSSR count). The van der Waals surface area contributed by atoms with Crippen LogP contribution >= 0.6 is 11.8 Å². The fourth-order valence-corrected chi connectivity index (χ4v) is 2.25. The Labute approximate surface area is 115 Å². The standard InChI is InChI=1S/C12H7F2N3O2S/c13-12(14,20-11-15-6-5-9(18)17-11)10-16-7-3-1-2-4-8(7)19-10/h1-6H,(H,15,17,18). The van der Waals surface area contributed by atoms with Gasteiger partial charge >= 0.3 is 5.25 Å². The van der Waals surface area contributed by atoms with E-state index in [4.69, 9.17) is 4.42 Å². The van der Waals surface area contributed by atoms with Gasteiger partial charge in [0.15, 0.2) is 10.7 Å². The first-order valence-corrected chi connectivity index (χ1v) is 6.34. The van der Waals surface area contributed by atoms with E-state index in [1.807, 2.05) is 0 Å². The van der Waals surface area contributed by atoms with Gasteiger partial charge in [-0.3, -0.25) is 4.79 Å². The van der Waals surface area contributed by atoms with Crippen molar-refractivity contribution in [1.82, 2.24) is 15.0 Å². The minimum Gasteiger partial charge on any atom is -0.434 e. The van der Waals surface area contributed by atoms with E-state index in [-0.39, 0.29) is 22.5 Å². The summed E-state index contributed by atoms with van der Waals surface area (Å²) >= 11 is 0.0721. The Hall–Kier alpha value is -2.22. The minimum absolute atomic E-state index is 0.0721. The number of benzene rings is 1. The van der Waals surface area contributed by atoms with Crippen molar-refractivity contribution in [3.8, 4) is 0 Å². The predicted molar refractivity (Wildman–Crippen MR) is 68.6 cm³/mol. The number of hydrogen-bond donors (Lipinski definition) is 1. The molecule has 0 atom stereocenters. The minimum atomic E-state index is -3.43. The van der Waals surface area contributed by atoms with Crippen LogP contribution in [0.25, 0.3) is 11.1 Å². The van der Waals surface area contributed by atoms with Crippen LogP contribution in [-0.2, 0) is 5.25 Å². The Bertz CT molecular complexity index is 782. The average molecular weight is 295 g/mol. The lowest BCUT2D eigenvalue weighted by molar-refractivity contribution is 0.0732. The molecule has 0 saturated carbocycles. The highest BCUT2D eigenvalue weighted by atomic mass is 32.2. The van der Waals surface area contributed by atoms with Gasteiger partial charge in [0.05, 0.1) is 0 Å². The average Bonchev–Trinajstić information content (AvgIpc) is 2.82. The molecule has 1 aromatic carbocycles. The summed E-state index contributed by atoms with van der Waals surface area (Å²) in [6, 6.07) is 7.61. The Kier molecular flexibility index (Phi) is 3.01. The van der Waals surface area contributed by atoms with Crippen LogP contribution in [0.1, 0.15) is 5.89 Å². The number of fused-ring (bicyclic) bond motifs is 1. The second-order valence-electron chi connectivity index (χ2n) is 3.84. The molecule has 1 N–H and O–H groups in total. The summed E-state index contributed by atoms with van der Waals surface area (Å²) in [6.45, 7) is 0. The summed E-state index contributed by atoms with van der Waals surface area (Å²) in [4.78, 5) is 20.7. The molecule has 0 radical (unpaired) electrons. The van der Waals surface area contributed by atoms with Crippen molar-refractivity contribution >= 4 is 22.9 Å². The molecule has 0 bridgehead atoms. The number of alkyl halides is 2. The number of nitrogens with zero attached hydrogens (tertiary/aromatic N) is 2. The lowest BCUT2D eigenvalue weighted by Gasteiger charge is -2.09. The number of nitrogens with one attached hydrogen (secondary N) is 1. The van der Waals surface area contributed by atoms with Gasteiger partial charge in [0.25, 0.3) is 11.4 Å². The van der Waals surface area contributed by atoms with Gasteiger partial charge in [0, 0.05) is 12.3 Å². The molecule has 0 aliphatic heterocycles. The number of oxazole rings is 1. The van der Waals surface area contributed by atoms with Crippen LogP contribution in [0, 0.1) is 0 Å².